The second-order valence-corrected chi connectivity index (χ2v) is 4.52. The molecule has 2 nitrogen and oxygen atoms in total. The molecule has 0 aliphatic rings. The van der Waals surface area contributed by atoms with Crippen LogP contribution in [0.2, 0.25) is 0 Å². The van der Waals surface area contributed by atoms with Crippen molar-refractivity contribution in [1.29, 1.82) is 0 Å². The van der Waals surface area contributed by atoms with Crippen LogP contribution >= 0.6 is 0 Å². The Labute approximate surface area is 115 Å². The predicted octanol–water partition coefficient (Wildman–Crippen LogP) is 4.18. The molecule has 0 radical (unpaired) electrons. The van der Waals surface area contributed by atoms with Crippen molar-refractivity contribution in [3.8, 4) is 5.75 Å². The average Bonchev–Trinajstić information content (AvgIpc) is 2.37. The van der Waals surface area contributed by atoms with E-state index in [0.29, 0.717) is 5.69 Å². The molecule has 0 amide bonds. The number of hydrogen-bond acceptors (Lipinski definition) is 2. The normalized spacial score (nSPS) is 11.4. The van der Waals surface area contributed by atoms with E-state index in [1.54, 1.807) is 12.1 Å². The van der Waals surface area contributed by atoms with Gasteiger partial charge in [-0.25, -0.2) is 0 Å². The van der Waals surface area contributed by atoms with Crippen LogP contribution in [0.25, 0.3) is 0 Å². The van der Waals surface area contributed by atoms with Gasteiger partial charge in [-0.1, -0.05) is 18.2 Å². The molecule has 0 heterocycles. The third-order valence-corrected chi connectivity index (χ3v) is 2.86. The van der Waals surface area contributed by atoms with E-state index in [2.05, 4.69) is 0 Å². The van der Waals surface area contributed by atoms with Crippen LogP contribution in [-0.2, 0) is 12.8 Å². The first-order valence-corrected chi connectivity index (χ1v) is 6.01. The molecule has 106 valence electrons. The molecular weight excluding hydrogens is 267 g/mol. The van der Waals surface area contributed by atoms with Gasteiger partial charge in [0.05, 0.1) is 5.56 Å². The third-order valence-electron chi connectivity index (χ3n) is 2.86. The number of anilines is 1. The minimum atomic E-state index is -4.37. The van der Waals surface area contributed by atoms with E-state index >= 15 is 0 Å². The summed E-state index contributed by atoms with van der Waals surface area (Å²) in [5.41, 5.74) is 7.42. The average molecular weight is 281 g/mol. The summed E-state index contributed by atoms with van der Waals surface area (Å²) in [5, 5.41) is 0. The van der Waals surface area contributed by atoms with Crippen LogP contribution in [0.4, 0.5) is 18.9 Å². The second-order valence-electron chi connectivity index (χ2n) is 4.52. The molecule has 0 unspecified atom stereocenters. The standard InChI is InChI=1S/C15H14F3NO/c1-10-5-6-11(14(19)7-10)9-20-13-4-2-3-12(8-13)15(16,17)18/h2-8H,9,19H2,1H3. The van der Waals surface area contributed by atoms with Crippen LogP contribution in [-0.4, -0.2) is 0 Å². The van der Waals surface area contributed by atoms with Gasteiger partial charge in [0.1, 0.15) is 12.4 Å². The van der Waals surface area contributed by atoms with Crippen LogP contribution in [0, 0.1) is 6.92 Å². The van der Waals surface area contributed by atoms with Gasteiger partial charge >= 0.3 is 6.18 Å². The number of alkyl halides is 3. The molecule has 2 aromatic rings. The van der Waals surface area contributed by atoms with Gasteiger partial charge in [-0.2, -0.15) is 13.2 Å². The molecule has 5 heteroatoms. The molecule has 2 rings (SSSR count). The number of ether oxygens (including phenoxy) is 1. The van der Waals surface area contributed by atoms with Gasteiger partial charge in [0.15, 0.2) is 0 Å². The summed E-state index contributed by atoms with van der Waals surface area (Å²) < 4.78 is 43.1. The number of hydrogen-bond donors (Lipinski definition) is 1. The summed E-state index contributed by atoms with van der Waals surface area (Å²) in [5.74, 6) is 0.166. The topological polar surface area (TPSA) is 35.2 Å². The van der Waals surface area contributed by atoms with Gasteiger partial charge in [0, 0.05) is 11.3 Å². The highest BCUT2D eigenvalue weighted by atomic mass is 19.4. The Morgan fingerprint density at radius 3 is 2.50 bits per heavy atom. The minimum absolute atomic E-state index is 0.132. The van der Waals surface area contributed by atoms with Crippen LogP contribution in [0.1, 0.15) is 16.7 Å². The van der Waals surface area contributed by atoms with Crippen molar-refractivity contribution in [3.63, 3.8) is 0 Å². The fourth-order valence-corrected chi connectivity index (χ4v) is 1.77. The maximum Gasteiger partial charge on any atom is 0.416 e. The van der Waals surface area contributed by atoms with Crippen LogP contribution < -0.4 is 10.5 Å². The molecule has 0 atom stereocenters. The van der Waals surface area contributed by atoms with E-state index < -0.39 is 11.7 Å². The maximum atomic E-state index is 12.6. The molecule has 0 fully saturated rings. The van der Waals surface area contributed by atoms with Crippen molar-refractivity contribution >= 4 is 5.69 Å². The molecule has 2 aromatic carbocycles. The van der Waals surface area contributed by atoms with Gasteiger partial charge < -0.3 is 10.5 Å². The summed E-state index contributed by atoms with van der Waals surface area (Å²) >= 11 is 0. The zero-order chi connectivity index (χ0) is 14.8. The lowest BCUT2D eigenvalue weighted by atomic mass is 10.1. The van der Waals surface area contributed by atoms with Crippen molar-refractivity contribution in [2.24, 2.45) is 0 Å². The number of rotatable bonds is 3. The number of nitrogens with two attached hydrogens (primary N) is 1. The first-order valence-electron chi connectivity index (χ1n) is 6.01. The number of halogens is 3. The Balaban J connectivity index is 2.11. The Hall–Kier alpha value is -2.17. The first-order chi connectivity index (χ1) is 9.36. The van der Waals surface area contributed by atoms with Crippen LogP contribution in [0.3, 0.4) is 0 Å². The van der Waals surface area contributed by atoms with Gasteiger partial charge in [0.2, 0.25) is 0 Å². The smallest absolute Gasteiger partial charge is 0.416 e. The molecule has 2 N–H and O–H groups in total. The van der Waals surface area contributed by atoms with E-state index in [9.17, 15) is 13.2 Å². The van der Waals surface area contributed by atoms with E-state index in [0.717, 1.165) is 23.3 Å². The quantitative estimate of drug-likeness (QED) is 0.857. The van der Waals surface area contributed by atoms with Gasteiger partial charge in [-0.05, 0) is 36.8 Å². The monoisotopic (exact) mass is 281 g/mol. The van der Waals surface area contributed by atoms with Crippen molar-refractivity contribution in [3.05, 3.63) is 59.2 Å². The zero-order valence-electron chi connectivity index (χ0n) is 10.9. The molecule has 0 aliphatic heterocycles. The zero-order valence-corrected chi connectivity index (χ0v) is 10.9. The fraction of sp³-hybridized carbons (Fsp3) is 0.200. The van der Waals surface area contributed by atoms with E-state index in [4.69, 9.17) is 10.5 Å². The van der Waals surface area contributed by atoms with Gasteiger partial charge in [-0.3, -0.25) is 0 Å². The van der Waals surface area contributed by atoms with Gasteiger partial charge in [-0.15, -0.1) is 0 Å². The molecule has 20 heavy (non-hydrogen) atoms. The van der Waals surface area contributed by atoms with Crippen LogP contribution in [0.5, 0.6) is 5.75 Å². The third kappa shape index (κ3) is 3.44. The van der Waals surface area contributed by atoms with E-state index in [1.165, 1.54) is 12.1 Å². The van der Waals surface area contributed by atoms with E-state index in [1.807, 2.05) is 13.0 Å². The summed E-state index contributed by atoms with van der Waals surface area (Å²) in [7, 11) is 0. The lowest BCUT2D eigenvalue weighted by molar-refractivity contribution is -0.137. The molecule has 0 aliphatic carbocycles. The summed E-state index contributed by atoms with van der Waals surface area (Å²) in [6, 6.07) is 10.3. The molecule has 0 spiro atoms. The largest absolute Gasteiger partial charge is 0.489 e. The highest BCUT2D eigenvalue weighted by Gasteiger charge is 2.30. The number of nitrogen functional groups attached to an aromatic ring is 1. The van der Waals surface area contributed by atoms with Crippen molar-refractivity contribution < 1.29 is 17.9 Å². The molecular formula is C15H14F3NO. The molecule has 0 aromatic heterocycles. The Morgan fingerprint density at radius 2 is 1.85 bits per heavy atom. The van der Waals surface area contributed by atoms with E-state index in [-0.39, 0.29) is 12.4 Å². The number of aryl methyl sites for hydroxylation is 1. The Morgan fingerprint density at radius 1 is 1.10 bits per heavy atom. The highest BCUT2D eigenvalue weighted by Crippen LogP contribution is 2.31. The maximum absolute atomic E-state index is 12.6. The Bertz CT molecular complexity index is 608. The first kappa shape index (κ1) is 14.2. The predicted molar refractivity (Wildman–Crippen MR) is 71.4 cm³/mol. The minimum Gasteiger partial charge on any atom is -0.489 e. The highest BCUT2D eigenvalue weighted by molar-refractivity contribution is 5.48. The molecule has 0 bridgehead atoms. The summed E-state index contributed by atoms with van der Waals surface area (Å²) in [6.07, 6.45) is -4.37. The van der Waals surface area contributed by atoms with Crippen LogP contribution in [0.15, 0.2) is 42.5 Å². The van der Waals surface area contributed by atoms with Gasteiger partial charge in [0.25, 0.3) is 0 Å². The summed E-state index contributed by atoms with van der Waals surface area (Å²) in [6.45, 7) is 2.04. The molecule has 0 saturated heterocycles. The van der Waals surface area contributed by atoms with Crippen molar-refractivity contribution in [2.45, 2.75) is 19.7 Å². The van der Waals surface area contributed by atoms with Crippen molar-refractivity contribution in [1.82, 2.24) is 0 Å². The fourth-order valence-electron chi connectivity index (χ4n) is 1.77. The number of benzene rings is 2. The second kappa shape index (κ2) is 5.45. The van der Waals surface area contributed by atoms with Crippen molar-refractivity contribution in [2.75, 3.05) is 5.73 Å². The molecule has 0 saturated carbocycles. The SMILES string of the molecule is Cc1ccc(COc2cccc(C(F)(F)F)c2)c(N)c1. The lowest BCUT2D eigenvalue weighted by Crippen LogP contribution is -2.05. The lowest BCUT2D eigenvalue weighted by Gasteiger charge is -2.11. The summed E-state index contributed by atoms with van der Waals surface area (Å²) in [4.78, 5) is 0. The Kier molecular flexibility index (Phi) is 3.88.